The molecular weight excluding hydrogens is 892 g/mol. The van der Waals surface area contributed by atoms with E-state index in [1.165, 1.54) is 30.3 Å². The van der Waals surface area contributed by atoms with Gasteiger partial charge in [0.05, 0.1) is 22.3 Å². The molecule has 0 saturated heterocycles. The van der Waals surface area contributed by atoms with Gasteiger partial charge in [0.25, 0.3) is 10.0 Å². The number of sulfonamides is 1. The number of halogens is 7. The molecular formula is C46H44ClF6NO7S2. The van der Waals surface area contributed by atoms with E-state index in [1.54, 1.807) is 29.6 Å². The standard InChI is InChI=1S/C46H44ClF6NO7S2/c1-28-5-3-20-43(2)37(19-21-44(43,57)27-54(63(58,59)41-6-4-22-62-41)26-29-8-13-33(14-9-29)61-46(51,52)53)34-15-10-30(23-32(55)12-7-28)24-35(34)42(56)40-18-17-39(60-40)36-25-31(45(48,49)50)11-16-38(36)47/h4-6,8-11,13-18,22,24-25,32,37,55,57H,3,7,12,19-21,23,26-27H2,1-2H3. The number of rotatable bonds is 10. The maximum atomic E-state index is 14.7. The average Bonchev–Trinajstić information content (AvgIpc) is 3.98. The second-order valence-electron chi connectivity index (χ2n) is 16.5. The average molecular weight is 936 g/mol. The number of hydrogen-bond acceptors (Lipinski definition) is 8. The van der Waals surface area contributed by atoms with Gasteiger partial charge in [-0.25, -0.2) is 8.42 Å². The molecule has 3 aromatic carbocycles. The van der Waals surface area contributed by atoms with Gasteiger partial charge in [-0.15, -0.1) is 24.5 Å². The first-order chi connectivity index (χ1) is 29.6. The molecule has 1 fully saturated rings. The smallest absolute Gasteiger partial charge is 0.453 e. The number of hydrogen-bond donors (Lipinski definition) is 2. The van der Waals surface area contributed by atoms with Gasteiger partial charge in [-0.2, -0.15) is 17.5 Å². The van der Waals surface area contributed by atoms with Gasteiger partial charge < -0.3 is 19.4 Å². The van der Waals surface area contributed by atoms with Crippen LogP contribution in [0, 0.1) is 5.41 Å². The van der Waals surface area contributed by atoms with Crippen molar-refractivity contribution in [2.75, 3.05) is 6.54 Å². The van der Waals surface area contributed by atoms with E-state index >= 15 is 0 Å². The van der Waals surface area contributed by atoms with Crippen LogP contribution in [0.3, 0.4) is 0 Å². The van der Waals surface area contributed by atoms with Gasteiger partial charge in [-0.1, -0.05) is 60.5 Å². The van der Waals surface area contributed by atoms with E-state index in [0.717, 1.165) is 51.5 Å². The van der Waals surface area contributed by atoms with Crippen molar-refractivity contribution in [2.24, 2.45) is 5.41 Å². The predicted molar refractivity (Wildman–Crippen MR) is 226 cm³/mol. The van der Waals surface area contributed by atoms with Crippen molar-refractivity contribution < 1.29 is 58.9 Å². The van der Waals surface area contributed by atoms with Crippen molar-refractivity contribution in [3.63, 3.8) is 0 Å². The molecule has 1 saturated carbocycles. The number of allylic oxidation sites excluding steroid dienone is 2. The Morgan fingerprint density at radius 3 is 2.41 bits per heavy atom. The lowest BCUT2D eigenvalue weighted by molar-refractivity contribution is -0.274. The highest BCUT2D eigenvalue weighted by atomic mass is 35.5. The van der Waals surface area contributed by atoms with Crippen LogP contribution in [-0.4, -0.2) is 53.3 Å². The van der Waals surface area contributed by atoms with Crippen LogP contribution in [0.1, 0.15) is 96.7 Å². The highest BCUT2D eigenvalue weighted by Crippen LogP contribution is 2.59. The minimum atomic E-state index is -4.93. The summed E-state index contributed by atoms with van der Waals surface area (Å²) in [4.78, 5) is 14.7. The summed E-state index contributed by atoms with van der Waals surface area (Å²) in [5.74, 6) is -1.90. The minimum Gasteiger partial charge on any atom is -0.453 e. The molecule has 2 aromatic heterocycles. The largest absolute Gasteiger partial charge is 0.573 e. The van der Waals surface area contributed by atoms with Crippen molar-refractivity contribution in [1.29, 1.82) is 0 Å². The number of carbonyl (C=O) groups is 1. The SMILES string of the molecule is CC1=CCCC2(C)C(CCC2(O)CN(Cc2ccc(OC(F)(F)F)cc2)S(=O)(=O)c2cccs2)c2ccc(cc2C(=O)c2ccc(-c3cc(C(F)(F)F)ccc3Cl)o2)CC(O)CC1. The molecule has 17 heteroatoms. The van der Waals surface area contributed by atoms with Crippen LogP contribution >= 0.6 is 22.9 Å². The Morgan fingerprint density at radius 1 is 0.984 bits per heavy atom. The van der Waals surface area contributed by atoms with E-state index in [9.17, 15) is 49.8 Å². The zero-order valence-electron chi connectivity index (χ0n) is 34.1. The second kappa shape index (κ2) is 17.8. The Morgan fingerprint density at radius 2 is 1.73 bits per heavy atom. The summed E-state index contributed by atoms with van der Waals surface area (Å²) >= 11 is 7.29. The predicted octanol–water partition coefficient (Wildman–Crippen LogP) is 11.7. The van der Waals surface area contributed by atoms with E-state index in [1.807, 2.05) is 19.9 Å². The molecule has 336 valence electrons. The number of thiophene rings is 1. The first kappa shape index (κ1) is 46.5. The normalized spacial score (nSPS) is 22.4. The first-order valence-corrected chi connectivity index (χ1v) is 22.8. The van der Waals surface area contributed by atoms with Gasteiger partial charge in [-0.3, -0.25) is 4.79 Å². The number of nitrogens with zero attached hydrogens (tertiary/aromatic N) is 1. The number of ether oxygens (including phenoxy) is 1. The van der Waals surface area contributed by atoms with E-state index < -0.39 is 69.2 Å². The molecule has 2 heterocycles. The van der Waals surface area contributed by atoms with Gasteiger partial charge in [0.2, 0.25) is 5.78 Å². The lowest BCUT2D eigenvalue weighted by Gasteiger charge is -2.46. The number of alkyl halides is 6. The van der Waals surface area contributed by atoms with Gasteiger partial charge >= 0.3 is 12.5 Å². The first-order valence-electron chi connectivity index (χ1n) is 20.2. The molecule has 8 rings (SSSR count). The molecule has 0 radical (unpaired) electrons. The molecule has 4 atom stereocenters. The molecule has 2 N–H and O–H groups in total. The number of fused-ring (bicyclic) bond motifs is 8. The van der Waals surface area contributed by atoms with Crippen LogP contribution in [-0.2, 0) is 29.2 Å². The summed E-state index contributed by atoms with van der Waals surface area (Å²) in [6.45, 7) is 3.11. The van der Waals surface area contributed by atoms with Crippen molar-refractivity contribution in [2.45, 2.75) is 99.7 Å². The maximum absolute atomic E-state index is 14.7. The number of benzene rings is 3. The number of carbonyl (C=O) groups excluding carboxylic acids is 1. The van der Waals surface area contributed by atoms with Gasteiger partial charge in [-0.05, 0) is 134 Å². The number of aliphatic hydroxyl groups excluding tert-OH is 1. The number of furan rings is 1. The molecule has 4 unspecified atom stereocenters. The van der Waals surface area contributed by atoms with Crippen LogP contribution in [0.25, 0.3) is 11.3 Å². The van der Waals surface area contributed by atoms with Crippen LogP contribution < -0.4 is 4.74 Å². The monoisotopic (exact) mass is 935 g/mol. The minimum absolute atomic E-state index is 0.00212. The molecule has 5 aromatic rings. The summed E-state index contributed by atoms with van der Waals surface area (Å²) in [7, 11) is -4.28. The van der Waals surface area contributed by atoms with Gasteiger partial charge in [0.1, 0.15) is 15.7 Å². The third-order valence-electron chi connectivity index (χ3n) is 12.3. The Labute approximate surface area is 369 Å². The Kier molecular flexibility index (Phi) is 13.2. The topological polar surface area (TPSA) is 117 Å². The molecule has 0 aliphatic heterocycles. The fourth-order valence-electron chi connectivity index (χ4n) is 8.88. The van der Waals surface area contributed by atoms with Crippen molar-refractivity contribution in [3.05, 3.63) is 141 Å². The zero-order valence-corrected chi connectivity index (χ0v) is 36.5. The fraction of sp³-hybridized carbons (Fsp3) is 0.370. The van der Waals surface area contributed by atoms with E-state index in [0.29, 0.717) is 48.8 Å². The summed E-state index contributed by atoms with van der Waals surface area (Å²) in [5, 5.41) is 25.7. The molecule has 0 spiro atoms. The van der Waals surface area contributed by atoms with Crippen LogP contribution in [0.4, 0.5) is 26.3 Å². The van der Waals surface area contributed by atoms with E-state index in [-0.39, 0.29) is 51.3 Å². The quantitative estimate of drug-likeness (QED) is 0.0813. The summed E-state index contributed by atoms with van der Waals surface area (Å²) in [6.07, 6.45) is -5.91. The highest BCUT2D eigenvalue weighted by molar-refractivity contribution is 7.91. The summed E-state index contributed by atoms with van der Waals surface area (Å²) in [6, 6.07) is 18.6. The third-order valence-corrected chi connectivity index (χ3v) is 15.8. The highest BCUT2D eigenvalue weighted by Gasteiger charge is 2.58. The molecule has 8 nitrogen and oxygen atoms in total. The van der Waals surface area contributed by atoms with Crippen LogP contribution in [0.2, 0.25) is 5.02 Å². The van der Waals surface area contributed by atoms with Crippen molar-refractivity contribution in [3.8, 4) is 17.1 Å². The third kappa shape index (κ3) is 10.1. The molecule has 0 amide bonds. The van der Waals surface area contributed by atoms with E-state index in [4.69, 9.17) is 16.0 Å². The Hall–Kier alpha value is -4.45. The fourth-order valence-corrected chi connectivity index (χ4v) is 11.7. The Balaban J connectivity index is 1.30. The number of ketones is 1. The lowest BCUT2D eigenvalue weighted by Crippen LogP contribution is -2.53. The number of aliphatic hydroxyl groups is 2. The van der Waals surface area contributed by atoms with Crippen LogP contribution in [0.5, 0.6) is 5.75 Å². The second-order valence-corrected chi connectivity index (χ2v) is 20.0. The molecule has 2 bridgehead atoms. The zero-order chi connectivity index (χ0) is 45.5. The van der Waals surface area contributed by atoms with Crippen molar-refractivity contribution in [1.82, 2.24) is 4.31 Å². The Bertz CT molecular complexity index is 2590. The van der Waals surface area contributed by atoms with Crippen molar-refractivity contribution >= 4 is 38.7 Å². The van der Waals surface area contributed by atoms with Crippen LogP contribution in [0.15, 0.2) is 111 Å². The molecule has 63 heavy (non-hydrogen) atoms. The summed E-state index contributed by atoms with van der Waals surface area (Å²) in [5.41, 5.74) is -1.16. The van der Waals surface area contributed by atoms with Gasteiger partial charge in [0.15, 0.2) is 5.76 Å². The molecule has 3 aliphatic rings. The maximum Gasteiger partial charge on any atom is 0.573 e. The summed E-state index contributed by atoms with van der Waals surface area (Å²) < 4.78 is 120. The van der Waals surface area contributed by atoms with Gasteiger partial charge in [0, 0.05) is 29.6 Å². The molecule has 3 aliphatic carbocycles. The lowest BCUT2D eigenvalue weighted by atomic mass is 9.65. The van der Waals surface area contributed by atoms with E-state index in [2.05, 4.69) is 4.74 Å².